The molecule has 0 saturated heterocycles. The summed E-state index contributed by atoms with van der Waals surface area (Å²) in [5.41, 5.74) is 0. The van der Waals surface area contributed by atoms with E-state index in [2.05, 4.69) is 17.9 Å². The van der Waals surface area contributed by atoms with Gasteiger partial charge in [-0.25, -0.2) is 4.79 Å². The van der Waals surface area contributed by atoms with Crippen molar-refractivity contribution in [3.8, 4) is 0 Å². The molecule has 0 atom stereocenters. The van der Waals surface area contributed by atoms with Gasteiger partial charge in [0, 0.05) is 6.08 Å². The molecule has 62 valence electrons. The Hall–Kier alpha value is -1.38. The van der Waals surface area contributed by atoms with Gasteiger partial charge in [0.25, 0.3) is 0 Å². The highest BCUT2D eigenvalue weighted by Gasteiger charge is 1.81. The van der Waals surface area contributed by atoms with E-state index in [1.807, 2.05) is 0 Å². The summed E-state index contributed by atoms with van der Waals surface area (Å²) in [5, 5.41) is 0. The Labute approximate surface area is 66.4 Å². The normalized spacial score (nSPS) is 6.73. The summed E-state index contributed by atoms with van der Waals surface area (Å²) in [4.78, 5) is 19.5. The number of allylic oxidation sites excluding steroid dienone is 1. The molecule has 0 aliphatic heterocycles. The quantitative estimate of drug-likeness (QED) is 0.444. The minimum absolute atomic E-state index is 0.0185. The van der Waals surface area contributed by atoms with Gasteiger partial charge < -0.3 is 4.74 Å². The first-order chi connectivity index (χ1) is 5.08. The van der Waals surface area contributed by atoms with Gasteiger partial charge in [-0.2, -0.15) is 0 Å². The van der Waals surface area contributed by atoms with Gasteiger partial charge in [0.05, 0.1) is 7.11 Å². The van der Waals surface area contributed by atoms with E-state index >= 15 is 0 Å². The molecule has 0 aliphatic carbocycles. The van der Waals surface area contributed by atoms with Crippen molar-refractivity contribution >= 4 is 11.8 Å². The largest absolute Gasteiger partial charge is 0.466 e. The Morgan fingerprint density at radius 3 is 1.64 bits per heavy atom. The average Bonchev–Trinajstić information content (AvgIpc) is 2.04. The molecule has 0 fully saturated rings. The fraction of sp³-hybridized carbons (Fsp3) is 0.250. The maximum Gasteiger partial charge on any atom is 0.329 e. The predicted molar refractivity (Wildman–Crippen MR) is 43.1 cm³/mol. The zero-order valence-electron chi connectivity index (χ0n) is 6.79. The van der Waals surface area contributed by atoms with E-state index < -0.39 is 5.97 Å². The van der Waals surface area contributed by atoms with Crippen molar-refractivity contribution in [2.24, 2.45) is 0 Å². The van der Waals surface area contributed by atoms with Gasteiger partial charge in [0.1, 0.15) is 0 Å². The Kier molecular flexibility index (Phi) is 9.65. The molecule has 3 nitrogen and oxygen atoms in total. The molecule has 0 rings (SSSR count). The van der Waals surface area contributed by atoms with Gasteiger partial charge >= 0.3 is 5.97 Å². The maximum atomic E-state index is 9.84. The van der Waals surface area contributed by atoms with Gasteiger partial charge in [-0.1, -0.05) is 13.2 Å². The van der Waals surface area contributed by atoms with Crippen LogP contribution >= 0.6 is 0 Å². The highest BCUT2D eigenvalue weighted by atomic mass is 16.5. The summed E-state index contributed by atoms with van der Waals surface area (Å²) < 4.78 is 4.14. The fourth-order valence-electron chi connectivity index (χ4n) is 0.0833. The minimum Gasteiger partial charge on any atom is -0.466 e. The van der Waals surface area contributed by atoms with E-state index in [0.717, 1.165) is 6.08 Å². The van der Waals surface area contributed by atoms with E-state index in [4.69, 9.17) is 0 Å². The van der Waals surface area contributed by atoms with Crippen LogP contribution in [0.4, 0.5) is 0 Å². The van der Waals surface area contributed by atoms with Crippen LogP contribution in [0, 0.1) is 0 Å². The molecule has 0 aromatic heterocycles. The highest BCUT2D eigenvalue weighted by Crippen LogP contribution is 1.67. The van der Waals surface area contributed by atoms with Crippen LogP contribution in [0.1, 0.15) is 6.92 Å². The van der Waals surface area contributed by atoms with Gasteiger partial charge in [0.15, 0.2) is 5.78 Å². The van der Waals surface area contributed by atoms with Crippen LogP contribution in [0.15, 0.2) is 25.3 Å². The third kappa shape index (κ3) is 17.7. The summed E-state index contributed by atoms with van der Waals surface area (Å²) in [6, 6.07) is 0. The van der Waals surface area contributed by atoms with E-state index in [1.165, 1.54) is 20.1 Å². The number of methoxy groups -OCH3 is 1. The predicted octanol–water partition coefficient (Wildman–Crippen LogP) is 1.11. The van der Waals surface area contributed by atoms with Gasteiger partial charge in [-0.15, -0.1) is 0 Å². The van der Waals surface area contributed by atoms with Crippen LogP contribution in [-0.2, 0) is 14.3 Å². The number of esters is 1. The fourth-order valence-corrected chi connectivity index (χ4v) is 0.0833. The molecule has 0 radical (unpaired) electrons. The van der Waals surface area contributed by atoms with Crippen molar-refractivity contribution < 1.29 is 14.3 Å². The lowest BCUT2D eigenvalue weighted by Gasteiger charge is -1.83. The van der Waals surface area contributed by atoms with E-state index in [-0.39, 0.29) is 5.78 Å². The molecule has 0 aromatic rings. The smallest absolute Gasteiger partial charge is 0.329 e. The van der Waals surface area contributed by atoms with Crippen LogP contribution in [-0.4, -0.2) is 18.9 Å². The molecule has 0 aromatic carbocycles. The van der Waals surface area contributed by atoms with Crippen molar-refractivity contribution in [1.29, 1.82) is 0 Å². The van der Waals surface area contributed by atoms with E-state index in [1.54, 1.807) is 0 Å². The number of ether oxygens (including phenoxy) is 1. The molecule has 0 N–H and O–H groups in total. The van der Waals surface area contributed by atoms with Crippen LogP contribution < -0.4 is 0 Å². The standard InChI is InChI=1S/C4H6O2.C4H6O/c1-3-4(5)6-2;1-3-4(2)5/h3H,1H2,2H3;3H,1H2,2H3. The Morgan fingerprint density at radius 1 is 1.27 bits per heavy atom. The zero-order chi connectivity index (χ0) is 9.28. The maximum absolute atomic E-state index is 9.84. The summed E-state index contributed by atoms with van der Waals surface area (Å²) in [6.07, 6.45) is 2.39. The lowest BCUT2D eigenvalue weighted by molar-refractivity contribution is -0.134. The summed E-state index contributed by atoms with van der Waals surface area (Å²) in [5.74, 6) is -0.375. The minimum atomic E-state index is -0.394. The first-order valence-electron chi connectivity index (χ1n) is 2.91. The van der Waals surface area contributed by atoms with Gasteiger partial charge in [0.2, 0.25) is 0 Å². The Morgan fingerprint density at radius 2 is 1.64 bits per heavy atom. The van der Waals surface area contributed by atoms with Crippen LogP contribution in [0.3, 0.4) is 0 Å². The molecular weight excluding hydrogens is 144 g/mol. The van der Waals surface area contributed by atoms with Crippen molar-refractivity contribution in [3.05, 3.63) is 25.3 Å². The van der Waals surface area contributed by atoms with Crippen LogP contribution in [0.5, 0.6) is 0 Å². The number of rotatable bonds is 2. The SMILES string of the molecule is C=CC(=O)OC.C=CC(C)=O. The molecule has 0 saturated carbocycles. The van der Waals surface area contributed by atoms with Crippen molar-refractivity contribution in [3.63, 3.8) is 0 Å². The first kappa shape index (κ1) is 12.3. The number of hydrogen-bond acceptors (Lipinski definition) is 3. The van der Waals surface area contributed by atoms with E-state index in [0.29, 0.717) is 0 Å². The first-order valence-corrected chi connectivity index (χ1v) is 2.91. The van der Waals surface area contributed by atoms with E-state index in [9.17, 15) is 9.59 Å². The molecule has 3 heteroatoms. The third-order valence-electron chi connectivity index (χ3n) is 0.655. The molecule has 0 spiro atoms. The van der Waals surface area contributed by atoms with Gasteiger partial charge in [-0.05, 0) is 13.0 Å². The third-order valence-corrected chi connectivity index (χ3v) is 0.655. The zero-order valence-corrected chi connectivity index (χ0v) is 6.79. The second-order valence-corrected chi connectivity index (χ2v) is 1.54. The number of hydrogen-bond donors (Lipinski definition) is 0. The monoisotopic (exact) mass is 156 g/mol. The van der Waals surface area contributed by atoms with Crippen LogP contribution in [0.2, 0.25) is 0 Å². The summed E-state index contributed by atoms with van der Waals surface area (Å²) in [7, 11) is 1.31. The Balaban J connectivity index is 0. The van der Waals surface area contributed by atoms with Crippen LogP contribution in [0.25, 0.3) is 0 Å². The number of carbonyl (C=O) groups excluding carboxylic acids is 2. The second-order valence-electron chi connectivity index (χ2n) is 1.54. The summed E-state index contributed by atoms with van der Waals surface area (Å²) in [6.45, 7) is 7.83. The number of carbonyl (C=O) groups is 2. The molecule has 0 amide bonds. The lowest BCUT2D eigenvalue weighted by atomic mass is 10.5. The summed E-state index contributed by atoms with van der Waals surface area (Å²) >= 11 is 0. The molecule has 0 unspecified atom stereocenters. The number of ketones is 1. The van der Waals surface area contributed by atoms with Crippen molar-refractivity contribution in [1.82, 2.24) is 0 Å². The molecule has 11 heavy (non-hydrogen) atoms. The average molecular weight is 156 g/mol. The molecule has 0 heterocycles. The van der Waals surface area contributed by atoms with Crippen molar-refractivity contribution in [2.75, 3.05) is 7.11 Å². The second kappa shape index (κ2) is 8.62. The molecule has 0 bridgehead atoms. The topological polar surface area (TPSA) is 43.4 Å². The highest BCUT2D eigenvalue weighted by molar-refractivity contribution is 5.86. The molecular formula is C8H12O3. The Bertz CT molecular complexity index is 159. The van der Waals surface area contributed by atoms with Gasteiger partial charge in [-0.3, -0.25) is 4.79 Å². The lowest BCUT2D eigenvalue weighted by Crippen LogP contribution is -1.91. The van der Waals surface area contributed by atoms with Crippen molar-refractivity contribution in [2.45, 2.75) is 6.92 Å². The molecule has 0 aliphatic rings.